The van der Waals surface area contributed by atoms with Crippen LogP contribution in [0.25, 0.3) is 0 Å². The van der Waals surface area contributed by atoms with E-state index in [-0.39, 0.29) is 5.91 Å². The molecule has 0 bridgehead atoms. The van der Waals surface area contributed by atoms with Gasteiger partial charge in [-0.15, -0.1) is 0 Å². The smallest absolute Gasteiger partial charge is 0.252 e. The van der Waals surface area contributed by atoms with Gasteiger partial charge in [0.05, 0.1) is 5.56 Å². The van der Waals surface area contributed by atoms with Gasteiger partial charge in [0.1, 0.15) is 5.82 Å². The monoisotopic (exact) mass is 342 g/mol. The van der Waals surface area contributed by atoms with E-state index in [4.69, 9.17) is 0 Å². The first-order valence-electron chi connectivity index (χ1n) is 7.05. The van der Waals surface area contributed by atoms with Crippen molar-refractivity contribution in [3.63, 3.8) is 0 Å². The number of hydrogen-bond donors (Lipinski definition) is 1. The topological polar surface area (TPSA) is 32.3 Å². The Morgan fingerprint density at radius 3 is 2.80 bits per heavy atom. The third-order valence-corrected chi connectivity index (χ3v) is 4.44. The summed E-state index contributed by atoms with van der Waals surface area (Å²) in [6, 6.07) is 4.45. The lowest BCUT2D eigenvalue weighted by Crippen LogP contribution is -2.44. The first-order valence-corrected chi connectivity index (χ1v) is 7.84. The first kappa shape index (κ1) is 15.4. The van der Waals surface area contributed by atoms with E-state index in [0.29, 0.717) is 22.6 Å². The molecule has 20 heavy (non-hydrogen) atoms. The van der Waals surface area contributed by atoms with Crippen molar-refractivity contribution in [3.05, 3.63) is 34.1 Å². The third kappa shape index (κ3) is 4.03. The summed E-state index contributed by atoms with van der Waals surface area (Å²) in [5.74, 6) is -0.636. The number of hydrogen-bond acceptors (Lipinski definition) is 2. The van der Waals surface area contributed by atoms with E-state index in [9.17, 15) is 9.18 Å². The summed E-state index contributed by atoms with van der Waals surface area (Å²) in [7, 11) is 0. The molecule has 1 unspecified atom stereocenters. The van der Waals surface area contributed by atoms with Crippen molar-refractivity contribution in [2.24, 2.45) is 0 Å². The zero-order valence-electron chi connectivity index (χ0n) is 11.7. The number of amides is 1. The van der Waals surface area contributed by atoms with Crippen molar-refractivity contribution in [2.45, 2.75) is 32.2 Å². The molecule has 0 saturated carbocycles. The molecule has 1 aromatic rings. The molecule has 1 aromatic carbocycles. The van der Waals surface area contributed by atoms with Crippen molar-refractivity contribution in [2.75, 3.05) is 19.6 Å². The van der Waals surface area contributed by atoms with E-state index in [1.807, 2.05) is 0 Å². The second-order valence-electron chi connectivity index (χ2n) is 5.28. The second-order valence-corrected chi connectivity index (χ2v) is 6.13. The Morgan fingerprint density at radius 2 is 2.10 bits per heavy atom. The lowest BCUT2D eigenvalue weighted by Gasteiger charge is -2.32. The van der Waals surface area contributed by atoms with Gasteiger partial charge in [0.25, 0.3) is 5.91 Å². The van der Waals surface area contributed by atoms with E-state index >= 15 is 0 Å². The number of carbonyl (C=O) groups excluding carboxylic acids is 1. The number of nitrogens with zero attached hydrogens (tertiary/aromatic N) is 1. The Kier molecular flexibility index (Phi) is 5.54. The fourth-order valence-corrected chi connectivity index (χ4v) is 2.92. The summed E-state index contributed by atoms with van der Waals surface area (Å²) in [6.45, 7) is 4.90. The van der Waals surface area contributed by atoms with Crippen LogP contribution in [0.3, 0.4) is 0 Å². The van der Waals surface area contributed by atoms with Gasteiger partial charge in [0.2, 0.25) is 0 Å². The largest absolute Gasteiger partial charge is 0.350 e. The van der Waals surface area contributed by atoms with Gasteiger partial charge in [-0.2, -0.15) is 0 Å². The van der Waals surface area contributed by atoms with E-state index in [0.717, 1.165) is 13.1 Å². The molecule has 0 radical (unpaired) electrons. The number of nitrogens with one attached hydrogen (secondary N) is 1. The minimum atomic E-state index is -0.401. The van der Waals surface area contributed by atoms with Crippen LogP contribution in [0.5, 0.6) is 0 Å². The molecule has 1 aliphatic rings. The van der Waals surface area contributed by atoms with Gasteiger partial charge >= 0.3 is 0 Å². The third-order valence-electron chi connectivity index (χ3n) is 3.75. The second kappa shape index (κ2) is 7.18. The summed E-state index contributed by atoms with van der Waals surface area (Å²) in [4.78, 5) is 14.5. The Bertz CT molecular complexity index is 475. The molecule has 1 saturated heterocycles. The van der Waals surface area contributed by atoms with Crippen molar-refractivity contribution in [1.82, 2.24) is 10.2 Å². The Balaban J connectivity index is 1.89. The van der Waals surface area contributed by atoms with Crippen LogP contribution in [0, 0.1) is 5.82 Å². The summed E-state index contributed by atoms with van der Waals surface area (Å²) < 4.78 is 13.8. The molecule has 5 heteroatoms. The number of carbonyl (C=O) groups is 1. The van der Waals surface area contributed by atoms with E-state index in [2.05, 4.69) is 33.1 Å². The van der Waals surface area contributed by atoms with Crippen molar-refractivity contribution < 1.29 is 9.18 Å². The molecule has 1 heterocycles. The maximum atomic E-state index is 13.2. The predicted octanol–water partition coefficient (Wildman–Crippen LogP) is 3.19. The highest BCUT2D eigenvalue weighted by Gasteiger charge is 2.18. The molecule has 1 amide bonds. The van der Waals surface area contributed by atoms with Gasteiger partial charge in [-0.05, 0) is 67.0 Å². The van der Waals surface area contributed by atoms with Gasteiger partial charge < -0.3 is 5.32 Å². The Morgan fingerprint density at radius 1 is 1.40 bits per heavy atom. The molecule has 2 rings (SSSR count). The molecule has 110 valence electrons. The van der Waals surface area contributed by atoms with Crippen LogP contribution in [0.1, 0.15) is 36.5 Å². The fraction of sp³-hybridized carbons (Fsp3) is 0.533. The molecule has 1 fully saturated rings. The maximum absolute atomic E-state index is 13.2. The molecule has 0 spiro atoms. The van der Waals surface area contributed by atoms with Crippen molar-refractivity contribution >= 4 is 21.8 Å². The number of piperidine rings is 1. The van der Waals surface area contributed by atoms with Crippen LogP contribution in [0.2, 0.25) is 0 Å². The number of benzene rings is 1. The normalized spacial score (nSPS) is 17.8. The SMILES string of the molecule is CC(CNC(=O)c1cc(F)ccc1Br)N1CCCCC1. The molecule has 1 atom stereocenters. The van der Waals surface area contributed by atoms with Gasteiger partial charge in [0.15, 0.2) is 0 Å². The highest BCUT2D eigenvalue weighted by molar-refractivity contribution is 9.10. The van der Waals surface area contributed by atoms with Gasteiger partial charge in [-0.1, -0.05) is 6.42 Å². The first-order chi connectivity index (χ1) is 9.58. The van der Waals surface area contributed by atoms with Crippen LogP contribution >= 0.6 is 15.9 Å². The standard InChI is InChI=1S/C15H20BrFN2O/c1-11(19-7-3-2-4-8-19)10-18-15(20)13-9-12(17)5-6-14(13)16/h5-6,9,11H,2-4,7-8,10H2,1H3,(H,18,20). The van der Waals surface area contributed by atoms with Crippen molar-refractivity contribution in [1.29, 1.82) is 0 Å². The van der Waals surface area contributed by atoms with E-state index in [1.165, 1.54) is 31.4 Å². The predicted molar refractivity (Wildman–Crippen MR) is 81.3 cm³/mol. The molecule has 0 aliphatic carbocycles. The van der Waals surface area contributed by atoms with E-state index in [1.54, 1.807) is 6.07 Å². The van der Waals surface area contributed by atoms with Crippen molar-refractivity contribution in [3.8, 4) is 0 Å². The zero-order chi connectivity index (χ0) is 14.5. The fourth-order valence-electron chi connectivity index (χ4n) is 2.50. The van der Waals surface area contributed by atoms with Crippen LogP contribution in [0.4, 0.5) is 4.39 Å². The number of rotatable bonds is 4. The molecule has 3 nitrogen and oxygen atoms in total. The maximum Gasteiger partial charge on any atom is 0.252 e. The van der Waals surface area contributed by atoms with Crippen LogP contribution in [0.15, 0.2) is 22.7 Å². The summed E-state index contributed by atoms with van der Waals surface area (Å²) in [5, 5.41) is 2.89. The minimum Gasteiger partial charge on any atom is -0.350 e. The lowest BCUT2D eigenvalue weighted by atomic mass is 10.1. The molecular weight excluding hydrogens is 323 g/mol. The number of likely N-dealkylation sites (tertiary alicyclic amines) is 1. The quantitative estimate of drug-likeness (QED) is 0.911. The van der Waals surface area contributed by atoms with E-state index < -0.39 is 5.82 Å². The zero-order valence-corrected chi connectivity index (χ0v) is 13.2. The Labute approximate surface area is 127 Å². The summed E-state index contributed by atoms with van der Waals surface area (Å²) >= 11 is 3.28. The highest BCUT2D eigenvalue weighted by atomic mass is 79.9. The van der Waals surface area contributed by atoms with Gasteiger partial charge in [0, 0.05) is 17.1 Å². The molecule has 0 aromatic heterocycles. The molecule has 1 N–H and O–H groups in total. The number of halogens is 2. The molecule has 1 aliphatic heterocycles. The van der Waals surface area contributed by atoms with Crippen LogP contribution < -0.4 is 5.32 Å². The highest BCUT2D eigenvalue weighted by Crippen LogP contribution is 2.18. The molecular formula is C15H20BrFN2O. The summed E-state index contributed by atoms with van der Waals surface area (Å²) in [5.41, 5.74) is 0.343. The average molecular weight is 343 g/mol. The summed E-state index contributed by atoms with van der Waals surface area (Å²) in [6.07, 6.45) is 3.76. The average Bonchev–Trinajstić information content (AvgIpc) is 2.47. The lowest BCUT2D eigenvalue weighted by molar-refractivity contribution is 0.0929. The van der Waals surface area contributed by atoms with Gasteiger partial charge in [-0.25, -0.2) is 4.39 Å². The minimum absolute atomic E-state index is 0.236. The van der Waals surface area contributed by atoms with Crippen LogP contribution in [-0.2, 0) is 0 Å². The van der Waals surface area contributed by atoms with Gasteiger partial charge in [-0.3, -0.25) is 9.69 Å². The Hall–Kier alpha value is -0.940. The van der Waals surface area contributed by atoms with Crippen LogP contribution in [-0.4, -0.2) is 36.5 Å².